The van der Waals surface area contributed by atoms with Gasteiger partial charge in [0.25, 0.3) is 0 Å². The quantitative estimate of drug-likeness (QED) is 0.618. The third-order valence-electron chi connectivity index (χ3n) is 4.42. The zero-order valence-electron chi connectivity index (χ0n) is 11.4. The van der Waals surface area contributed by atoms with E-state index in [9.17, 15) is 4.57 Å². The van der Waals surface area contributed by atoms with Crippen molar-refractivity contribution >= 4 is 7.29 Å². The lowest BCUT2D eigenvalue weighted by Gasteiger charge is -2.35. The van der Waals surface area contributed by atoms with Crippen molar-refractivity contribution in [3.8, 4) is 0 Å². The van der Waals surface area contributed by atoms with Crippen LogP contribution in [0, 0.1) is 5.92 Å². The topological polar surface area (TPSA) is 20.3 Å². The summed E-state index contributed by atoms with van der Waals surface area (Å²) < 4.78 is 15.0. The number of piperidine rings is 1. The Hall–Kier alpha value is -0.850. The van der Waals surface area contributed by atoms with Crippen molar-refractivity contribution in [2.45, 2.75) is 19.3 Å². The van der Waals surface area contributed by atoms with Gasteiger partial charge < -0.3 is 4.57 Å². The minimum Gasteiger partial charge on any atom is -0.306 e. The molecule has 1 aromatic rings. The molecular weight excluding hydrogens is 253 g/mol. The molecule has 19 heavy (non-hydrogen) atoms. The predicted octanol–water partition coefficient (Wildman–Crippen LogP) is 3.79. The summed E-state index contributed by atoms with van der Waals surface area (Å²) in [5.41, 5.74) is 1.44. The Balaban J connectivity index is 1.54. The molecule has 3 rings (SSSR count). The Kier molecular flexibility index (Phi) is 3.91. The lowest BCUT2D eigenvalue weighted by Crippen LogP contribution is -2.32. The highest BCUT2D eigenvalue weighted by Gasteiger charge is 2.33. The van der Waals surface area contributed by atoms with Gasteiger partial charge in [0.2, 0.25) is 0 Å². The zero-order chi connectivity index (χ0) is 13.1. The summed E-state index contributed by atoms with van der Waals surface area (Å²) in [6, 6.07) is 10.7. The molecule has 2 aliphatic heterocycles. The van der Waals surface area contributed by atoms with Gasteiger partial charge in [-0.2, -0.15) is 0 Å². The SMILES string of the molecule is O=P1(N2CCC(Cc3ccccc3)CC2)CC=CC1. The molecule has 0 aliphatic carbocycles. The Bertz CT molecular complexity index is 477. The highest BCUT2D eigenvalue weighted by Crippen LogP contribution is 2.53. The second-order valence-electron chi connectivity index (χ2n) is 5.77. The molecule has 0 saturated carbocycles. The second-order valence-corrected chi connectivity index (χ2v) is 8.76. The number of hydrogen-bond donors (Lipinski definition) is 0. The molecule has 0 atom stereocenters. The van der Waals surface area contributed by atoms with Gasteiger partial charge in [0.1, 0.15) is 0 Å². The van der Waals surface area contributed by atoms with Crippen LogP contribution in [0.1, 0.15) is 18.4 Å². The van der Waals surface area contributed by atoms with E-state index in [1.807, 2.05) is 0 Å². The van der Waals surface area contributed by atoms with E-state index >= 15 is 0 Å². The minimum absolute atomic E-state index is 0.765. The average molecular weight is 275 g/mol. The Morgan fingerprint density at radius 3 is 2.32 bits per heavy atom. The molecule has 1 fully saturated rings. The Morgan fingerprint density at radius 1 is 1.05 bits per heavy atom. The van der Waals surface area contributed by atoms with E-state index in [4.69, 9.17) is 0 Å². The van der Waals surface area contributed by atoms with Crippen LogP contribution in [0.25, 0.3) is 0 Å². The number of benzene rings is 1. The minimum atomic E-state index is -2.03. The van der Waals surface area contributed by atoms with Gasteiger partial charge in [0.15, 0.2) is 7.29 Å². The molecule has 1 aromatic carbocycles. The van der Waals surface area contributed by atoms with Crippen LogP contribution in [-0.4, -0.2) is 30.1 Å². The largest absolute Gasteiger partial charge is 0.306 e. The molecular formula is C16H22NOP. The van der Waals surface area contributed by atoms with Crippen molar-refractivity contribution < 1.29 is 4.57 Å². The van der Waals surface area contributed by atoms with E-state index in [1.54, 1.807) is 0 Å². The Morgan fingerprint density at radius 2 is 1.68 bits per heavy atom. The molecule has 2 heterocycles. The fraction of sp³-hybridized carbons (Fsp3) is 0.500. The average Bonchev–Trinajstić information content (AvgIpc) is 2.89. The van der Waals surface area contributed by atoms with Gasteiger partial charge in [-0.1, -0.05) is 42.5 Å². The maximum atomic E-state index is 12.7. The smallest absolute Gasteiger partial charge is 0.157 e. The molecule has 3 heteroatoms. The first-order valence-electron chi connectivity index (χ1n) is 7.29. The summed E-state index contributed by atoms with van der Waals surface area (Å²) in [7, 11) is -2.03. The van der Waals surface area contributed by atoms with E-state index in [0.29, 0.717) is 0 Å². The highest BCUT2D eigenvalue weighted by molar-refractivity contribution is 7.62. The molecule has 1 saturated heterocycles. The van der Waals surface area contributed by atoms with Crippen molar-refractivity contribution in [2.75, 3.05) is 25.4 Å². The van der Waals surface area contributed by atoms with Gasteiger partial charge in [-0.25, -0.2) is 0 Å². The molecule has 0 aromatic heterocycles. The van der Waals surface area contributed by atoms with Gasteiger partial charge >= 0.3 is 0 Å². The van der Waals surface area contributed by atoms with Crippen LogP contribution in [0.2, 0.25) is 0 Å². The lowest BCUT2D eigenvalue weighted by atomic mass is 9.91. The normalized spacial score (nSPS) is 23.8. The Labute approximate surface area is 115 Å². The van der Waals surface area contributed by atoms with Crippen LogP contribution in [-0.2, 0) is 11.0 Å². The van der Waals surface area contributed by atoms with Gasteiger partial charge in [-0.15, -0.1) is 0 Å². The van der Waals surface area contributed by atoms with Crippen LogP contribution in [0.15, 0.2) is 42.5 Å². The first-order chi connectivity index (χ1) is 9.26. The molecule has 0 unspecified atom stereocenters. The number of hydrogen-bond acceptors (Lipinski definition) is 1. The maximum Gasteiger partial charge on any atom is 0.157 e. The number of nitrogens with zero attached hydrogens (tertiary/aromatic N) is 1. The van der Waals surface area contributed by atoms with Crippen molar-refractivity contribution in [3.05, 3.63) is 48.0 Å². The summed E-state index contributed by atoms with van der Waals surface area (Å²) in [5, 5.41) is 0. The molecule has 0 radical (unpaired) electrons. The monoisotopic (exact) mass is 275 g/mol. The number of rotatable bonds is 3. The molecule has 0 N–H and O–H groups in total. The molecule has 0 bridgehead atoms. The molecule has 2 aliphatic rings. The molecule has 2 nitrogen and oxygen atoms in total. The van der Waals surface area contributed by atoms with Crippen molar-refractivity contribution in [1.29, 1.82) is 0 Å². The fourth-order valence-corrected chi connectivity index (χ4v) is 5.75. The summed E-state index contributed by atoms with van der Waals surface area (Å²) in [6.45, 7) is 2.05. The zero-order valence-corrected chi connectivity index (χ0v) is 12.3. The van der Waals surface area contributed by atoms with Crippen molar-refractivity contribution in [2.24, 2.45) is 5.92 Å². The lowest BCUT2D eigenvalue weighted by molar-refractivity contribution is 0.272. The van der Waals surface area contributed by atoms with E-state index in [2.05, 4.69) is 47.2 Å². The molecule has 0 amide bonds. The van der Waals surface area contributed by atoms with Crippen LogP contribution in [0.3, 0.4) is 0 Å². The summed E-state index contributed by atoms with van der Waals surface area (Å²) in [6.07, 6.45) is 9.36. The number of allylic oxidation sites excluding steroid dienone is 2. The maximum absolute atomic E-state index is 12.7. The first-order valence-corrected chi connectivity index (χ1v) is 9.32. The molecule has 102 valence electrons. The summed E-state index contributed by atoms with van der Waals surface area (Å²) in [5.74, 6) is 0.765. The van der Waals surface area contributed by atoms with Gasteiger partial charge in [-0.3, -0.25) is 4.67 Å². The van der Waals surface area contributed by atoms with Crippen LogP contribution < -0.4 is 0 Å². The van der Waals surface area contributed by atoms with E-state index < -0.39 is 7.29 Å². The fourth-order valence-electron chi connectivity index (χ4n) is 3.22. The van der Waals surface area contributed by atoms with Crippen LogP contribution >= 0.6 is 7.29 Å². The summed E-state index contributed by atoms with van der Waals surface area (Å²) in [4.78, 5) is 0. The molecule has 0 spiro atoms. The second kappa shape index (κ2) is 5.64. The standard InChI is InChI=1S/C16H22NOP/c18-19(12-4-5-13-19)17-10-8-16(9-11-17)14-15-6-2-1-3-7-15/h1-7,16H,8-14H2. The van der Waals surface area contributed by atoms with Crippen LogP contribution in [0.4, 0.5) is 0 Å². The van der Waals surface area contributed by atoms with Gasteiger partial charge in [0, 0.05) is 25.4 Å². The van der Waals surface area contributed by atoms with Crippen LogP contribution in [0.5, 0.6) is 0 Å². The third kappa shape index (κ3) is 3.01. The van der Waals surface area contributed by atoms with Gasteiger partial charge in [-0.05, 0) is 30.7 Å². The third-order valence-corrected chi connectivity index (χ3v) is 7.42. The van der Waals surface area contributed by atoms with Gasteiger partial charge in [0.05, 0.1) is 0 Å². The summed E-state index contributed by atoms with van der Waals surface area (Å²) >= 11 is 0. The predicted molar refractivity (Wildman–Crippen MR) is 80.9 cm³/mol. The van der Waals surface area contributed by atoms with E-state index in [-0.39, 0.29) is 0 Å². The highest BCUT2D eigenvalue weighted by atomic mass is 31.2. The van der Waals surface area contributed by atoms with E-state index in [0.717, 1.165) is 31.3 Å². The first kappa shape index (κ1) is 13.1. The van der Waals surface area contributed by atoms with Crippen molar-refractivity contribution in [3.63, 3.8) is 0 Å². The van der Waals surface area contributed by atoms with E-state index in [1.165, 1.54) is 24.8 Å². The van der Waals surface area contributed by atoms with Crippen molar-refractivity contribution in [1.82, 2.24) is 4.67 Å².